The molecule has 0 aromatic heterocycles. The standard InChI is InChI=1S/C16H15BrO2/c1-2-11-19-16(18)13-9-7-12(8-10-13)14-5-3-4-6-15(14)17/h3-10H,2,11H2,1H3. The molecule has 0 N–H and O–H groups in total. The summed E-state index contributed by atoms with van der Waals surface area (Å²) in [5, 5.41) is 0. The van der Waals surface area contributed by atoms with Crippen LogP contribution in [0.3, 0.4) is 0 Å². The zero-order valence-corrected chi connectivity index (χ0v) is 12.3. The van der Waals surface area contributed by atoms with Crippen molar-refractivity contribution in [1.82, 2.24) is 0 Å². The molecule has 0 aliphatic carbocycles. The molecule has 0 spiro atoms. The molecule has 0 bridgehead atoms. The zero-order valence-electron chi connectivity index (χ0n) is 10.7. The molecule has 0 saturated carbocycles. The first kappa shape index (κ1) is 13.8. The van der Waals surface area contributed by atoms with Crippen LogP contribution in [-0.2, 0) is 4.74 Å². The van der Waals surface area contributed by atoms with E-state index < -0.39 is 0 Å². The number of benzene rings is 2. The SMILES string of the molecule is CCCOC(=O)c1ccc(-c2ccccc2Br)cc1. The molecule has 0 saturated heterocycles. The Labute approximate surface area is 121 Å². The van der Waals surface area contributed by atoms with Crippen molar-refractivity contribution in [3.63, 3.8) is 0 Å². The molecule has 0 heterocycles. The fourth-order valence-corrected chi connectivity index (χ4v) is 2.27. The van der Waals surface area contributed by atoms with E-state index in [9.17, 15) is 4.79 Å². The van der Waals surface area contributed by atoms with Crippen molar-refractivity contribution in [2.45, 2.75) is 13.3 Å². The molecule has 3 heteroatoms. The van der Waals surface area contributed by atoms with Gasteiger partial charge >= 0.3 is 5.97 Å². The molecular weight excluding hydrogens is 304 g/mol. The molecule has 2 nitrogen and oxygen atoms in total. The van der Waals surface area contributed by atoms with Crippen LogP contribution in [0.25, 0.3) is 11.1 Å². The van der Waals surface area contributed by atoms with Crippen molar-refractivity contribution in [2.24, 2.45) is 0 Å². The normalized spacial score (nSPS) is 10.2. The van der Waals surface area contributed by atoms with Crippen molar-refractivity contribution >= 4 is 21.9 Å². The van der Waals surface area contributed by atoms with Gasteiger partial charge in [-0.1, -0.05) is 53.2 Å². The highest BCUT2D eigenvalue weighted by molar-refractivity contribution is 9.10. The van der Waals surface area contributed by atoms with Gasteiger partial charge in [0, 0.05) is 4.47 Å². The molecule has 0 amide bonds. The minimum atomic E-state index is -0.263. The van der Waals surface area contributed by atoms with Gasteiger partial charge in [-0.2, -0.15) is 0 Å². The van der Waals surface area contributed by atoms with Gasteiger partial charge < -0.3 is 4.74 Å². The Morgan fingerprint density at radius 2 is 1.79 bits per heavy atom. The number of carbonyl (C=O) groups is 1. The maximum Gasteiger partial charge on any atom is 0.338 e. The predicted molar refractivity (Wildman–Crippen MR) is 80.2 cm³/mol. The van der Waals surface area contributed by atoms with E-state index in [2.05, 4.69) is 15.9 Å². The van der Waals surface area contributed by atoms with Gasteiger partial charge in [0.05, 0.1) is 12.2 Å². The van der Waals surface area contributed by atoms with E-state index >= 15 is 0 Å². The maximum atomic E-state index is 11.7. The summed E-state index contributed by atoms with van der Waals surface area (Å²) in [7, 11) is 0. The Hall–Kier alpha value is -1.61. The second-order valence-electron chi connectivity index (χ2n) is 4.19. The Kier molecular flexibility index (Phi) is 4.74. The summed E-state index contributed by atoms with van der Waals surface area (Å²) >= 11 is 3.52. The van der Waals surface area contributed by atoms with Gasteiger partial charge in [-0.15, -0.1) is 0 Å². The number of hydrogen-bond acceptors (Lipinski definition) is 2. The Balaban J connectivity index is 2.19. The van der Waals surface area contributed by atoms with Crippen LogP contribution in [0.2, 0.25) is 0 Å². The van der Waals surface area contributed by atoms with E-state index in [0.29, 0.717) is 12.2 Å². The van der Waals surface area contributed by atoms with E-state index in [0.717, 1.165) is 22.0 Å². The Morgan fingerprint density at radius 3 is 2.42 bits per heavy atom. The van der Waals surface area contributed by atoms with Gasteiger partial charge in [-0.3, -0.25) is 0 Å². The first-order valence-corrected chi connectivity index (χ1v) is 7.03. The lowest BCUT2D eigenvalue weighted by atomic mass is 10.0. The number of esters is 1. The van der Waals surface area contributed by atoms with Crippen LogP contribution in [0, 0.1) is 0 Å². The first-order valence-electron chi connectivity index (χ1n) is 6.24. The summed E-state index contributed by atoms with van der Waals surface area (Å²) in [5.41, 5.74) is 2.76. The summed E-state index contributed by atoms with van der Waals surface area (Å²) in [5.74, 6) is -0.263. The van der Waals surface area contributed by atoms with Gasteiger partial charge in [0.2, 0.25) is 0 Å². The molecule has 0 fully saturated rings. The van der Waals surface area contributed by atoms with E-state index in [4.69, 9.17) is 4.74 Å². The van der Waals surface area contributed by atoms with Crippen LogP contribution in [0.15, 0.2) is 53.0 Å². The quantitative estimate of drug-likeness (QED) is 0.765. The molecule has 2 aromatic rings. The lowest BCUT2D eigenvalue weighted by Gasteiger charge is -2.06. The highest BCUT2D eigenvalue weighted by Crippen LogP contribution is 2.27. The molecule has 0 unspecified atom stereocenters. The number of carbonyl (C=O) groups excluding carboxylic acids is 1. The van der Waals surface area contributed by atoms with Crippen LogP contribution in [0.4, 0.5) is 0 Å². The third-order valence-electron chi connectivity index (χ3n) is 2.74. The average molecular weight is 319 g/mol. The highest BCUT2D eigenvalue weighted by atomic mass is 79.9. The topological polar surface area (TPSA) is 26.3 Å². The smallest absolute Gasteiger partial charge is 0.338 e. The molecular formula is C16H15BrO2. The maximum absolute atomic E-state index is 11.7. The van der Waals surface area contributed by atoms with Crippen LogP contribution < -0.4 is 0 Å². The van der Waals surface area contributed by atoms with Crippen LogP contribution in [-0.4, -0.2) is 12.6 Å². The van der Waals surface area contributed by atoms with E-state index in [1.165, 1.54) is 0 Å². The third kappa shape index (κ3) is 3.44. The highest BCUT2D eigenvalue weighted by Gasteiger charge is 2.07. The summed E-state index contributed by atoms with van der Waals surface area (Å²) < 4.78 is 6.14. The Bertz CT molecular complexity index is 561. The van der Waals surface area contributed by atoms with Crippen molar-refractivity contribution in [1.29, 1.82) is 0 Å². The second kappa shape index (κ2) is 6.53. The second-order valence-corrected chi connectivity index (χ2v) is 5.05. The molecule has 2 rings (SSSR count). The summed E-state index contributed by atoms with van der Waals surface area (Å²) in [6, 6.07) is 15.5. The molecule has 0 radical (unpaired) electrons. The molecule has 98 valence electrons. The summed E-state index contributed by atoms with van der Waals surface area (Å²) in [6.45, 7) is 2.44. The minimum absolute atomic E-state index is 0.263. The zero-order chi connectivity index (χ0) is 13.7. The number of rotatable bonds is 4. The monoisotopic (exact) mass is 318 g/mol. The lowest BCUT2D eigenvalue weighted by molar-refractivity contribution is 0.0505. The predicted octanol–water partition coefficient (Wildman–Crippen LogP) is 4.68. The van der Waals surface area contributed by atoms with E-state index in [-0.39, 0.29) is 5.97 Å². The van der Waals surface area contributed by atoms with Crippen molar-refractivity contribution in [2.75, 3.05) is 6.61 Å². The summed E-state index contributed by atoms with van der Waals surface area (Å²) in [6.07, 6.45) is 0.834. The number of halogens is 1. The molecule has 0 aliphatic rings. The van der Waals surface area contributed by atoms with Crippen LogP contribution in [0.5, 0.6) is 0 Å². The number of ether oxygens (including phenoxy) is 1. The average Bonchev–Trinajstić information content (AvgIpc) is 2.45. The van der Waals surface area contributed by atoms with Crippen molar-refractivity contribution < 1.29 is 9.53 Å². The molecule has 0 atom stereocenters. The Morgan fingerprint density at radius 1 is 1.11 bits per heavy atom. The van der Waals surface area contributed by atoms with Crippen LogP contribution >= 0.6 is 15.9 Å². The van der Waals surface area contributed by atoms with Gasteiger partial charge in [0.15, 0.2) is 0 Å². The third-order valence-corrected chi connectivity index (χ3v) is 3.43. The molecule has 2 aromatic carbocycles. The van der Waals surface area contributed by atoms with E-state index in [1.54, 1.807) is 12.1 Å². The van der Waals surface area contributed by atoms with Gasteiger partial charge in [0.25, 0.3) is 0 Å². The fraction of sp³-hybridized carbons (Fsp3) is 0.188. The van der Waals surface area contributed by atoms with Gasteiger partial charge in [-0.05, 0) is 35.7 Å². The largest absolute Gasteiger partial charge is 0.462 e. The fourth-order valence-electron chi connectivity index (χ4n) is 1.76. The van der Waals surface area contributed by atoms with E-state index in [1.807, 2.05) is 43.3 Å². The van der Waals surface area contributed by atoms with Crippen molar-refractivity contribution in [3.05, 3.63) is 58.6 Å². The first-order chi connectivity index (χ1) is 9.22. The van der Waals surface area contributed by atoms with Crippen LogP contribution in [0.1, 0.15) is 23.7 Å². The molecule has 19 heavy (non-hydrogen) atoms. The summed E-state index contributed by atoms with van der Waals surface area (Å²) in [4.78, 5) is 11.7. The van der Waals surface area contributed by atoms with Gasteiger partial charge in [-0.25, -0.2) is 4.79 Å². The van der Waals surface area contributed by atoms with Crippen molar-refractivity contribution in [3.8, 4) is 11.1 Å². The van der Waals surface area contributed by atoms with Gasteiger partial charge in [0.1, 0.15) is 0 Å². The molecule has 0 aliphatic heterocycles. The lowest BCUT2D eigenvalue weighted by Crippen LogP contribution is -2.05. The number of hydrogen-bond donors (Lipinski definition) is 0. The minimum Gasteiger partial charge on any atom is -0.462 e.